The molecule has 0 aliphatic carbocycles. The van der Waals surface area contributed by atoms with Crippen molar-refractivity contribution in [3.63, 3.8) is 0 Å². The number of carboxylic acid groups (broad SMARTS) is 1. The van der Waals surface area contributed by atoms with Crippen molar-refractivity contribution in [2.45, 2.75) is 38.0 Å². The van der Waals surface area contributed by atoms with Crippen LogP contribution in [0.4, 0.5) is 0 Å². The average molecular weight is 216 g/mol. The first-order valence-electron chi connectivity index (χ1n) is 4.98. The molecular weight excluding hydrogens is 200 g/mol. The lowest BCUT2D eigenvalue weighted by Crippen LogP contribution is -2.43. The van der Waals surface area contributed by atoms with E-state index < -0.39 is 17.9 Å². The number of carboxylic acids is 1. The van der Waals surface area contributed by atoms with Gasteiger partial charge in [0.2, 0.25) is 5.91 Å². The van der Waals surface area contributed by atoms with E-state index in [0.717, 1.165) is 12.8 Å². The molecule has 6 nitrogen and oxygen atoms in total. The van der Waals surface area contributed by atoms with Crippen LogP contribution in [0.3, 0.4) is 0 Å². The van der Waals surface area contributed by atoms with Gasteiger partial charge in [0.05, 0.1) is 0 Å². The Kier molecular flexibility index (Phi) is 4.51. The van der Waals surface area contributed by atoms with Gasteiger partial charge < -0.3 is 15.6 Å². The highest BCUT2D eigenvalue weighted by molar-refractivity contribution is 5.77. The first-order chi connectivity index (χ1) is 7.09. The second kappa shape index (κ2) is 5.67. The molecule has 0 spiro atoms. The van der Waals surface area contributed by atoms with Gasteiger partial charge in [-0.3, -0.25) is 14.9 Å². The van der Waals surface area contributed by atoms with Crippen LogP contribution in [-0.2, 0) is 14.3 Å². The highest BCUT2D eigenvalue weighted by atomic mass is 16.5. The van der Waals surface area contributed by atoms with Crippen LogP contribution in [0.15, 0.2) is 0 Å². The van der Waals surface area contributed by atoms with Crippen molar-refractivity contribution < 1.29 is 19.4 Å². The molecule has 86 valence electrons. The van der Waals surface area contributed by atoms with Gasteiger partial charge in [-0.15, -0.1) is 0 Å². The van der Waals surface area contributed by atoms with Gasteiger partial charge in [0.25, 0.3) is 0 Å². The van der Waals surface area contributed by atoms with E-state index in [0.29, 0.717) is 6.61 Å². The van der Waals surface area contributed by atoms with Gasteiger partial charge in [-0.05, 0) is 19.3 Å². The maximum absolute atomic E-state index is 10.8. The van der Waals surface area contributed by atoms with Crippen molar-refractivity contribution in [3.8, 4) is 0 Å². The Balaban J connectivity index is 2.35. The fourth-order valence-corrected chi connectivity index (χ4v) is 1.50. The van der Waals surface area contributed by atoms with E-state index in [4.69, 9.17) is 15.6 Å². The number of aliphatic carboxylic acids is 1. The van der Waals surface area contributed by atoms with Crippen LogP contribution in [0.2, 0.25) is 0 Å². The van der Waals surface area contributed by atoms with Gasteiger partial charge in [0.15, 0.2) is 0 Å². The third-order valence-corrected chi connectivity index (χ3v) is 2.29. The molecule has 1 aliphatic heterocycles. The summed E-state index contributed by atoms with van der Waals surface area (Å²) in [4.78, 5) is 21.4. The number of primary amides is 1. The number of hydrogen-bond donors (Lipinski definition) is 3. The van der Waals surface area contributed by atoms with Crippen molar-refractivity contribution in [3.05, 3.63) is 0 Å². The predicted octanol–water partition coefficient (Wildman–Crippen LogP) is -0.569. The third kappa shape index (κ3) is 4.26. The van der Waals surface area contributed by atoms with E-state index in [1.165, 1.54) is 0 Å². The zero-order chi connectivity index (χ0) is 11.3. The molecule has 0 aromatic heterocycles. The smallest absolute Gasteiger partial charge is 0.320 e. The van der Waals surface area contributed by atoms with E-state index in [2.05, 4.69) is 5.32 Å². The van der Waals surface area contributed by atoms with Crippen LogP contribution < -0.4 is 11.1 Å². The number of carbonyl (C=O) groups is 2. The summed E-state index contributed by atoms with van der Waals surface area (Å²) < 4.78 is 5.25. The van der Waals surface area contributed by atoms with E-state index in [1.54, 1.807) is 0 Å². The number of ether oxygens (including phenoxy) is 1. The lowest BCUT2D eigenvalue weighted by Gasteiger charge is -2.18. The summed E-state index contributed by atoms with van der Waals surface area (Å²) in [5.74, 6) is -1.47. The molecule has 0 bridgehead atoms. The molecule has 0 aromatic rings. The Bertz CT molecular complexity index is 238. The van der Waals surface area contributed by atoms with Gasteiger partial charge in [-0.25, -0.2) is 0 Å². The molecule has 1 fully saturated rings. The standard InChI is InChI=1S/C9H16N2O4/c10-7(12)4-3-6(9(13)14)11-8-2-1-5-15-8/h6,8,11H,1-5H2,(H2,10,12)(H,13,14)/t6-,8?/m0/s1. The van der Waals surface area contributed by atoms with Crippen molar-refractivity contribution in [2.24, 2.45) is 5.73 Å². The first-order valence-corrected chi connectivity index (χ1v) is 4.98. The Morgan fingerprint density at radius 1 is 1.60 bits per heavy atom. The van der Waals surface area contributed by atoms with Crippen LogP contribution in [0.25, 0.3) is 0 Å². The van der Waals surface area contributed by atoms with E-state index >= 15 is 0 Å². The van der Waals surface area contributed by atoms with Crippen molar-refractivity contribution in [1.29, 1.82) is 0 Å². The third-order valence-electron chi connectivity index (χ3n) is 2.29. The van der Waals surface area contributed by atoms with E-state index in [-0.39, 0.29) is 19.1 Å². The molecule has 1 aliphatic rings. The van der Waals surface area contributed by atoms with Crippen LogP contribution in [0.1, 0.15) is 25.7 Å². The SMILES string of the molecule is NC(=O)CC[C@H](NC1CCCO1)C(=O)O. The van der Waals surface area contributed by atoms with E-state index in [1.807, 2.05) is 0 Å². The van der Waals surface area contributed by atoms with Crippen molar-refractivity contribution in [2.75, 3.05) is 6.61 Å². The van der Waals surface area contributed by atoms with Gasteiger partial charge >= 0.3 is 5.97 Å². The number of nitrogens with one attached hydrogen (secondary N) is 1. The second-order valence-electron chi connectivity index (χ2n) is 3.56. The molecule has 2 atom stereocenters. The van der Waals surface area contributed by atoms with Crippen LogP contribution in [-0.4, -0.2) is 35.9 Å². The minimum Gasteiger partial charge on any atom is -0.480 e. The Morgan fingerprint density at radius 2 is 2.33 bits per heavy atom. The number of carbonyl (C=O) groups excluding carboxylic acids is 1. The number of hydrogen-bond acceptors (Lipinski definition) is 4. The Morgan fingerprint density at radius 3 is 2.80 bits per heavy atom. The molecule has 1 heterocycles. The molecule has 0 aromatic carbocycles. The summed E-state index contributed by atoms with van der Waals surface area (Å²) in [5, 5.41) is 11.7. The molecule has 15 heavy (non-hydrogen) atoms. The lowest BCUT2D eigenvalue weighted by molar-refractivity contribution is -0.140. The Labute approximate surface area is 87.8 Å². The van der Waals surface area contributed by atoms with Gasteiger partial charge in [0, 0.05) is 13.0 Å². The maximum Gasteiger partial charge on any atom is 0.320 e. The summed E-state index contributed by atoms with van der Waals surface area (Å²) in [6.45, 7) is 0.653. The van der Waals surface area contributed by atoms with Gasteiger partial charge in [0.1, 0.15) is 12.3 Å². The summed E-state index contributed by atoms with van der Waals surface area (Å²) in [5.41, 5.74) is 4.96. The molecule has 1 unspecified atom stereocenters. The van der Waals surface area contributed by atoms with Crippen molar-refractivity contribution >= 4 is 11.9 Å². The summed E-state index contributed by atoms with van der Waals surface area (Å²) in [7, 11) is 0. The predicted molar refractivity (Wildman–Crippen MR) is 52.0 cm³/mol. The molecular formula is C9H16N2O4. The number of nitrogens with two attached hydrogens (primary N) is 1. The molecule has 1 rings (SSSR count). The average Bonchev–Trinajstić information content (AvgIpc) is 2.63. The fraction of sp³-hybridized carbons (Fsp3) is 0.778. The highest BCUT2D eigenvalue weighted by Crippen LogP contribution is 2.11. The maximum atomic E-state index is 10.8. The minimum atomic E-state index is -0.980. The molecule has 0 radical (unpaired) electrons. The topological polar surface area (TPSA) is 102 Å². The minimum absolute atomic E-state index is 0.0662. The van der Waals surface area contributed by atoms with Crippen LogP contribution in [0.5, 0.6) is 0 Å². The second-order valence-corrected chi connectivity index (χ2v) is 3.56. The zero-order valence-corrected chi connectivity index (χ0v) is 8.44. The number of rotatable bonds is 6. The molecule has 0 saturated carbocycles. The largest absolute Gasteiger partial charge is 0.480 e. The highest BCUT2D eigenvalue weighted by Gasteiger charge is 2.24. The molecule has 1 amide bonds. The summed E-state index contributed by atoms with van der Waals surface area (Å²) in [6, 6.07) is -0.763. The molecule has 6 heteroatoms. The normalized spacial score (nSPS) is 22.5. The van der Waals surface area contributed by atoms with Crippen molar-refractivity contribution in [1.82, 2.24) is 5.32 Å². The monoisotopic (exact) mass is 216 g/mol. The quantitative estimate of drug-likeness (QED) is 0.552. The van der Waals surface area contributed by atoms with Crippen LogP contribution >= 0.6 is 0 Å². The summed E-state index contributed by atoms with van der Waals surface area (Å²) >= 11 is 0. The lowest BCUT2D eigenvalue weighted by atomic mass is 10.1. The van der Waals surface area contributed by atoms with Gasteiger partial charge in [-0.1, -0.05) is 0 Å². The summed E-state index contributed by atoms with van der Waals surface area (Å²) in [6.07, 6.45) is 1.79. The number of amides is 1. The fourth-order valence-electron chi connectivity index (χ4n) is 1.50. The first kappa shape index (κ1) is 11.9. The van der Waals surface area contributed by atoms with E-state index in [9.17, 15) is 9.59 Å². The zero-order valence-electron chi connectivity index (χ0n) is 8.44. The molecule has 4 N–H and O–H groups in total. The van der Waals surface area contributed by atoms with Gasteiger partial charge in [-0.2, -0.15) is 0 Å². The molecule has 1 saturated heterocycles. The Hall–Kier alpha value is -1.14. The van der Waals surface area contributed by atoms with Crippen LogP contribution in [0, 0.1) is 0 Å².